The monoisotopic (exact) mass is 341 g/mol. The molecular formula is C16H15N5O2S. The number of thioether (sulfide) groups is 1. The van der Waals surface area contributed by atoms with E-state index in [0.29, 0.717) is 16.7 Å². The number of carbonyl (C=O) groups is 1. The second-order valence-corrected chi connectivity index (χ2v) is 5.78. The van der Waals surface area contributed by atoms with Crippen LogP contribution in [0.15, 0.2) is 53.9 Å². The van der Waals surface area contributed by atoms with Crippen molar-refractivity contribution in [2.45, 2.75) is 5.16 Å². The van der Waals surface area contributed by atoms with E-state index in [1.54, 1.807) is 19.5 Å². The molecule has 3 rings (SSSR count). The fourth-order valence-electron chi connectivity index (χ4n) is 2.16. The SMILES string of the molecule is COc1cccc(-n2c(SCC(N)=O)nnc2-c2cccnc2)c1. The first-order valence-electron chi connectivity index (χ1n) is 7.10. The first kappa shape index (κ1) is 16.0. The van der Waals surface area contributed by atoms with Crippen molar-refractivity contribution in [3.05, 3.63) is 48.8 Å². The lowest BCUT2D eigenvalue weighted by molar-refractivity contribution is -0.115. The Balaban J connectivity index is 2.11. The predicted octanol–water partition coefficient (Wildman–Crippen LogP) is 1.92. The van der Waals surface area contributed by atoms with Gasteiger partial charge in [-0.15, -0.1) is 10.2 Å². The van der Waals surface area contributed by atoms with Crippen LogP contribution in [0.3, 0.4) is 0 Å². The van der Waals surface area contributed by atoms with Gasteiger partial charge in [-0.3, -0.25) is 14.3 Å². The Morgan fingerprint density at radius 1 is 1.29 bits per heavy atom. The molecule has 0 unspecified atom stereocenters. The third-order valence-corrected chi connectivity index (χ3v) is 4.16. The van der Waals surface area contributed by atoms with Crippen LogP contribution in [0, 0.1) is 0 Å². The van der Waals surface area contributed by atoms with E-state index in [4.69, 9.17) is 10.5 Å². The van der Waals surface area contributed by atoms with Crippen LogP contribution in [0.2, 0.25) is 0 Å². The Morgan fingerprint density at radius 2 is 2.17 bits per heavy atom. The minimum Gasteiger partial charge on any atom is -0.497 e. The Bertz CT molecular complexity index is 851. The van der Waals surface area contributed by atoms with E-state index in [9.17, 15) is 4.79 Å². The Hall–Kier alpha value is -2.87. The molecule has 2 aromatic heterocycles. The van der Waals surface area contributed by atoms with Gasteiger partial charge in [0, 0.05) is 24.0 Å². The standard InChI is InChI=1S/C16H15N5O2S/c1-23-13-6-2-5-12(8-13)21-15(11-4-3-7-18-9-11)19-20-16(21)24-10-14(17)22/h2-9H,10H2,1H3,(H2,17,22). The maximum absolute atomic E-state index is 11.1. The molecule has 0 fully saturated rings. The summed E-state index contributed by atoms with van der Waals surface area (Å²) in [7, 11) is 1.61. The summed E-state index contributed by atoms with van der Waals surface area (Å²) < 4.78 is 7.14. The maximum Gasteiger partial charge on any atom is 0.227 e. The summed E-state index contributed by atoms with van der Waals surface area (Å²) in [5.41, 5.74) is 6.89. The molecule has 0 atom stereocenters. The molecule has 1 amide bonds. The van der Waals surface area contributed by atoms with Gasteiger partial charge in [0.05, 0.1) is 18.6 Å². The van der Waals surface area contributed by atoms with Gasteiger partial charge in [-0.1, -0.05) is 17.8 Å². The summed E-state index contributed by atoms with van der Waals surface area (Å²) in [4.78, 5) is 15.2. The number of amides is 1. The fourth-order valence-corrected chi connectivity index (χ4v) is 2.85. The zero-order valence-corrected chi connectivity index (χ0v) is 13.7. The molecule has 0 aliphatic carbocycles. The average molecular weight is 341 g/mol. The number of primary amides is 1. The highest BCUT2D eigenvalue weighted by Gasteiger charge is 2.17. The second-order valence-electron chi connectivity index (χ2n) is 4.84. The lowest BCUT2D eigenvalue weighted by Gasteiger charge is -2.11. The van der Waals surface area contributed by atoms with Gasteiger partial charge in [0.15, 0.2) is 11.0 Å². The number of pyridine rings is 1. The first-order valence-corrected chi connectivity index (χ1v) is 8.09. The summed E-state index contributed by atoms with van der Waals surface area (Å²) in [5.74, 6) is 1.05. The summed E-state index contributed by atoms with van der Waals surface area (Å²) >= 11 is 1.23. The van der Waals surface area contributed by atoms with Crippen molar-refractivity contribution < 1.29 is 9.53 Å². The highest BCUT2D eigenvalue weighted by atomic mass is 32.2. The summed E-state index contributed by atoms with van der Waals surface area (Å²) in [6, 6.07) is 11.3. The molecule has 122 valence electrons. The number of nitrogens with two attached hydrogens (primary N) is 1. The number of benzene rings is 1. The molecule has 8 heteroatoms. The zero-order valence-electron chi connectivity index (χ0n) is 12.9. The topological polar surface area (TPSA) is 95.9 Å². The molecule has 7 nitrogen and oxygen atoms in total. The third kappa shape index (κ3) is 3.38. The molecule has 0 aliphatic heterocycles. The van der Waals surface area contributed by atoms with Crippen molar-refractivity contribution in [2.24, 2.45) is 5.73 Å². The highest BCUT2D eigenvalue weighted by Crippen LogP contribution is 2.28. The summed E-state index contributed by atoms with van der Waals surface area (Å²) in [5, 5.41) is 9.02. The first-order chi connectivity index (χ1) is 11.7. The van der Waals surface area contributed by atoms with Crippen LogP contribution >= 0.6 is 11.8 Å². The number of rotatable bonds is 6. The van der Waals surface area contributed by atoms with E-state index in [2.05, 4.69) is 15.2 Å². The molecule has 0 bridgehead atoms. The van der Waals surface area contributed by atoms with E-state index in [1.165, 1.54) is 11.8 Å². The van der Waals surface area contributed by atoms with Crippen molar-refractivity contribution in [1.82, 2.24) is 19.7 Å². The van der Waals surface area contributed by atoms with Crippen molar-refractivity contribution in [2.75, 3.05) is 12.9 Å². The number of methoxy groups -OCH3 is 1. The number of nitrogens with zero attached hydrogens (tertiary/aromatic N) is 4. The van der Waals surface area contributed by atoms with Gasteiger partial charge in [-0.25, -0.2) is 0 Å². The Labute approximate surface area is 142 Å². The molecule has 0 saturated heterocycles. The number of ether oxygens (including phenoxy) is 1. The van der Waals surface area contributed by atoms with Gasteiger partial charge in [0.1, 0.15) is 5.75 Å². The molecule has 2 heterocycles. The quantitative estimate of drug-likeness (QED) is 0.688. The third-order valence-electron chi connectivity index (χ3n) is 3.21. The second kappa shape index (κ2) is 7.14. The Kier molecular flexibility index (Phi) is 4.76. The van der Waals surface area contributed by atoms with Gasteiger partial charge in [0.2, 0.25) is 5.91 Å². The summed E-state index contributed by atoms with van der Waals surface area (Å²) in [6.45, 7) is 0. The van der Waals surface area contributed by atoms with Crippen molar-refractivity contribution in [1.29, 1.82) is 0 Å². The van der Waals surface area contributed by atoms with Crippen LogP contribution in [-0.4, -0.2) is 38.5 Å². The largest absolute Gasteiger partial charge is 0.497 e. The van der Waals surface area contributed by atoms with E-state index < -0.39 is 5.91 Å². The zero-order chi connectivity index (χ0) is 16.9. The van der Waals surface area contributed by atoms with Crippen LogP contribution in [0.5, 0.6) is 5.75 Å². The molecule has 24 heavy (non-hydrogen) atoms. The van der Waals surface area contributed by atoms with Gasteiger partial charge in [-0.2, -0.15) is 0 Å². The summed E-state index contributed by atoms with van der Waals surface area (Å²) in [6.07, 6.45) is 3.40. The molecule has 0 aliphatic rings. The van der Waals surface area contributed by atoms with Crippen LogP contribution in [0.25, 0.3) is 17.1 Å². The van der Waals surface area contributed by atoms with E-state index in [-0.39, 0.29) is 5.75 Å². The van der Waals surface area contributed by atoms with Crippen LogP contribution in [-0.2, 0) is 4.79 Å². The number of carbonyl (C=O) groups excluding carboxylic acids is 1. The normalized spacial score (nSPS) is 10.5. The maximum atomic E-state index is 11.1. The number of hydrogen-bond acceptors (Lipinski definition) is 6. The van der Waals surface area contributed by atoms with Gasteiger partial charge >= 0.3 is 0 Å². The molecule has 3 aromatic rings. The van der Waals surface area contributed by atoms with Crippen LogP contribution < -0.4 is 10.5 Å². The molecule has 2 N–H and O–H groups in total. The minimum atomic E-state index is -0.414. The molecule has 0 spiro atoms. The van der Waals surface area contributed by atoms with E-state index in [1.807, 2.05) is 41.0 Å². The van der Waals surface area contributed by atoms with Gasteiger partial charge in [-0.05, 0) is 24.3 Å². The molecular weight excluding hydrogens is 326 g/mol. The van der Waals surface area contributed by atoms with Crippen molar-refractivity contribution >= 4 is 17.7 Å². The fraction of sp³-hybridized carbons (Fsp3) is 0.125. The van der Waals surface area contributed by atoms with Crippen molar-refractivity contribution in [3.63, 3.8) is 0 Å². The Morgan fingerprint density at radius 3 is 2.88 bits per heavy atom. The molecule has 0 radical (unpaired) electrons. The van der Waals surface area contributed by atoms with Crippen LogP contribution in [0.4, 0.5) is 0 Å². The predicted molar refractivity (Wildman–Crippen MR) is 91.1 cm³/mol. The van der Waals surface area contributed by atoms with E-state index >= 15 is 0 Å². The lowest BCUT2D eigenvalue weighted by atomic mass is 10.2. The van der Waals surface area contributed by atoms with Crippen LogP contribution in [0.1, 0.15) is 0 Å². The number of aromatic nitrogens is 4. The molecule has 0 saturated carbocycles. The molecule has 1 aromatic carbocycles. The highest BCUT2D eigenvalue weighted by molar-refractivity contribution is 7.99. The minimum absolute atomic E-state index is 0.120. The van der Waals surface area contributed by atoms with Gasteiger partial charge in [0.25, 0.3) is 0 Å². The van der Waals surface area contributed by atoms with Crippen molar-refractivity contribution in [3.8, 4) is 22.8 Å². The average Bonchev–Trinajstić information content (AvgIpc) is 3.04. The smallest absolute Gasteiger partial charge is 0.227 e. The number of hydrogen-bond donors (Lipinski definition) is 1. The van der Waals surface area contributed by atoms with E-state index in [0.717, 1.165) is 11.3 Å². The lowest BCUT2D eigenvalue weighted by Crippen LogP contribution is -2.13. The van der Waals surface area contributed by atoms with Gasteiger partial charge < -0.3 is 10.5 Å².